The fourth-order valence-electron chi connectivity index (χ4n) is 4.31. The van der Waals surface area contributed by atoms with Gasteiger partial charge >= 0.3 is 0 Å². The SMILES string of the molecule is Cc1ccc(CNC(=O)CCc2nc3sc4c(c3c(=O)[nH]2)CC[C@@H](C(C)(C)C)C4)cc1. The number of fused-ring (bicyclic) bond motifs is 3. The normalized spacial score (nSPS) is 16.3. The lowest BCUT2D eigenvalue weighted by Crippen LogP contribution is -2.26. The molecule has 0 aliphatic heterocycles. The molecule has 0 unspecified atom stereocenters. The molecule has 1 aromatic carbocycles. The summed E-state index contributed by atoms with van der Waals surface area (Å²) in [6, 6.07) is 8.11. The van der Waals surface area contributed by atoms with Gasteiger partial charge in [-0.15, -0.1) is 11.3 Å². The summed E-state index contributed by atoms with van der Waals surface area (Å²) in [5, 5.41) is 3.71. The monoisotopic (exact) mass is 437 g/mol. The van der Waals surface area contributed by atoms with E-state index < -0.39 is 0 Å². The van der Waals surface area contributed by atoms with Gasteiger partial charge in [0.15, 0.2) is 0 Å². The standard InChI is InChI=1S/C25H31N3O2S/c1-15-5-7-16(8-6-15)14-26-21(29)12-11-20-27-23(30)22-18-10-9-17(25(2,3)4)13-19(18)31-24(22)28-20/h5-8,17H,9-14H2,1-4H3,(H,26,29)(H,27,28,30)/t17-/m1/s1. The molecule has 2 aromatic heterocycles. The summed E-state index contributed by atoms with van der Waals surface area (Å²) in [5.74, 6) is 1.18. The van der Waals surface area contributed by atoms with Gasteiger partial charge in [-0.2, -0.15) is 0 Å². The van der Waals surface area contributed by atoms with E-state index >= 15 is 0 Å². The van der Waals surface area contributed by atoms with E-state index in [-0.39, 0.29) is 16.9 Å². The first-order chi connectivity index (χ1) is 14.7. The Labute approximate surface area is 187 Å². The molecule has 0 fully saturated rings. The maximum Gasteiger partial charge on any atom is 0.259 e. The number of carbonyl (C=O) groups is 1. The van der Waals surface area contributed by atoms with Crippen LogP contribution in [0, 0.1) is 18.3 Å². The number of rotatable bonds is 5. The predicted octanol–water partition coefficient (Wildman–Crippen LogP) is 4.69. The largest absolute Gasteiger partial charge is 0.352 e. The van der Waals surface area contributed by atoms with Crippen LogP contribution in [-0.4, -0.2) is 15.9 Å². The average Bonchev–Trinajstić information content (AvgIpc) is 3.09. The van der Waals surface area contributed by atoms with Crippen LogP contribution in [0.2, 0.25) is 0 Å². The summed E-state index contributed by atoms with van der Waals surface area (Å²) < 4.78 is 0. The molecule has 31 heavy (non-hydrogen) atoms. The van der Waals surface area contributed by atoms with E-state index in [9.17, 15) is 9.59 Å². The Balaban J connectivity index is 1.43. The van der Waals surface area contributed by atoms with Crippen LogP contribution < -0.4 is 10.9 Å². The number of nitrogens with one attached hydrogen (secondary N) is 2. The third-order valence-electron chi connectivity index (χ3n) is 6.39. The first kappa shape index (κ1) is 21.8. The fourth-order valence-corrected chi connectivity index (χ4v) is 5.63. The Morgan fingerprint density at radius 2 is 2.00 bits per heavy atom. The van der Waals surface area contributed by atoms with Crippen molar-refractivity contribution in [2.24, 2.45) is 11.3 Å². The molecule has 4 rings (SSSR count). The lowest BCUT2D eigenvalue weighted by atomic mass is 9.72. The molecule has 0 saturated heterocycles. The number of amides is 1. The molecule has 0 radical (unpaired) electrons. The molecule has 0 saturated carbocycles. The quantitative estimate of drug-likeness (QED) is 0.608. The van der Waals surface area contributed by atoms with Gasteiger partial charge in [0, 0.05) is 24.3 Å². The summed E-state index contributed by atoms with van der Waals surface area (Å²) in [7, 11) is 0. The number of H-pyrrole nitrogens is 1. The van der Waals surface area contributed by atoms with Crippen LogP contribution in [0.25, 0.3) is 10.2 Å². The second-order valence-corrected chi connectivity index (χ2v) is 10.8. The van der Waals surface area contributed by atoms with Crippen molar-refractivity contribution in [1.82, 2.24) is 15.3 Å². The Bertz CT molecular complexity index is 1150. The Kier molecular flexibility index (Phi) is 6.02. The van der Waals surface area contributed by atoms with Crippen molar-refractivity contribution in [3.8, 4) is 0 Å². The van der Waals surface area contributed by atoms with Gasteiger partial charge < -0.3 is 10.3 Å². The second kappa shape index (κ2) is 8.58. The molecular weight excluding hydrogens is 406 g/mol. The van der Waals surface area contributed by atoms with E-state index in [4.69, 9.17) is 4.98 Å². The molecule has 1 atom stereocenters. The zero-order valence-electron chi connectivity index (χ0n) is 18.8. The van der Waals surface area contributed by atoms with Crippen molar-refractivity contribution in [2.45, 2.75) is 66.3 Å². The number of hydrogen-bond donors (Lipinski definition) is 2. The molecule has 2 N–H and O–H groups in total. The molecular formula is C25H31N3O2S. The zero-order valence-corrected chi connectivity index (χ0v) is 19.6. The fraction of sp³-hybridized carbons (Fsp3) is 0.480. The molecule has 1 amide bonds. The molecule has 164 valence electrons. The first-order valence-corrected chi connectivity index (χ1v) is 11.9. The van der Waals surface area contributed by atoms with Crippen LogP contribution in [0.15, 0.2) is 29.1 Å². The minimum Gasteiger partial charge on any atom is -0.352 e. The van der Waals surface area contributed by atoms with Crippen LogP contribution in [0.5, 0.6) is 0 Å². The number of nitrogens with zero attached hydrogens (tertiary/aromatic N) is 1. The number of carbonyl (C=O) groups excluding carboxylic acids is 1. The molecule has 6 heteroatoms. The highest BCUT2D eigenvalue weighted by Gasteiger charge is 2.31. The minimum atomic E-state index is -0.0632. The van der Waals surface area contributed by atoms with Crippen LogP contribution in [0.1, 0.15) is 61.0 Å². The van der Waals surface area contributed by atoms with Gasteiger partial charge in [-0.1, -0.05) is 50.6 Å². The summed E-state index contributed by atoms with van der Waals surface area (Å²) in [4.78, 5) is 34.8. The van der Waals surface area contributed by atoms with Crippen molar-refractivity contribution in [2.75, 3.05) is 0 Å². The highest BCUT2D eigenvalue weighted by molar-refractivity contribution is 7.18. The highest BCUT2D eigenvalue weighted by Crippen LogP contribution is 2.41. The van der Waals surface area contributed by atoms with Crippen LogP contribution in [-0.2, 0) is 30.6 Å². The van der Waals surface area contributed by atoms with E-state index in [0.29, 0.717) is 31.1 Å². The van der Waals surface area contributed by atoms with E-state index in [0.717, 1.165) is 35.0 Å². The Morgan fingerprint density at radius 1 is 1.26 bits per heavy atom. The predicted molar refractivity (Wildman–Crippen MR) is 127 cm³/mol. The smallest absolute Gasteiger partial charge is 0.259 e. The van der Waals surface area contributed by atoms with E-state index in [1.54, 1.807) is 11.3 Å². The van der Waals surface area contributed by atoms with E-state index in [1.807, 2.05) is 31.2 Å². The Morgan fingerprint density at radius 3 is 2.71 bits per heavy atom. The van der Waals surface area contributed by atoms with Gasteiger partial charge in [-0.05, 0) is 48.6 Å². The maximum absolute atomic E-state index is 12.8. The van der Waals surface area contributed by atoms with Gasteiger partial charge in [0.05, 0.1) is 5.39 Å². The van der Waals surface area contributed by atoms with Crippen LogP contribution in [0.3, 0.4) is 0 Å². The zero-order chi connectivity index (χ0) is 22.2. The molecule has 1 aliphatic rings. The van der Waals surface area contributed by atoms with Crippen molar-refractivity contribution >= 4 is 27.5 Å². The van der Waals surface area contributed by atoms with Crippen molar-refractivity contribution in [3.05, 3.63) is 62.0 Å². The number of benzene rings is 1. The minimum absolute atomic E-state index is 0.0400. The third kappa shape index (κ3) is 4.90. The van der Waals surface area contributed by atoms with E-state index in [2.05, 4.69) is 31.1 Å². The number of hydrogen-bond acceptors (Lipinski definition) is 4. The average molecular weight is 438 g/mol. The molecule has 1 aliphatic carbocycles. The molecule has 0 bridgehead atoms. The molecule has 2 heterocycles. The number of aromatic nitrogens is 2. The summed E-state index contributed by atoms with van der Waals surface area (Å²) in [5.41, 5.74) is 3.67. The third-order valence-corrected chi connectivity index (χ3v) is 7.54. The van der Waals surface area contributed by atoms with Gasteiger partial charge in [-0.25, -0.2) is 4.98 Å². The number of aryl methyl sites for hydroxylation is 3. The lowest BCUT2D eigenvalue weighted by Gasteiger charge is -2.33. The second-order valence-electron chi connectivity index (χ2n) is 9.76. The van der Waals surface area contributed by atoms with Gasteiger partial charge in [0.25, 0.3) is 5.56 Å². The van der Waals surface area contributed by atoms with Crippen LogP contribution in [0.4, 0.5) is 0 Å². The van der Waals surface area contributed by atoms with E-state index in [1.165, 1.54) is 16.0 Å². The summed E-state index contributed by atoms with van der Waals surface area (Å²) >= 11 is 1.66. The highest BCUT2D eigenvalue weighted by atomic mass is 32.1. The first-order valence-electron chi connectivity index (χ1n) is 11.1. The van der Waals surface area contributed by atoms with Gasteiger partial charge in [0.2, 0.25) is 5.91 Å². The number of thiophene rings is 1. The van der Waals surface area contributed by atoms with Gasteiger partial charge in [0.1, 0.15) is 10.7 Å². The van der Waals surface area contributed by atoms with Crippen molar-refractivity contribution < 1.29 is 4.79 Å². The van der Waals surface area contributed by atoms with Crippen molar-refractivity contribution in [1.29, 1.82) is 0 Å². The topological polar surface area (TPSA) is 74.8 Å². The Hall–Kier alpha value is -2.47. The van der Waals surface area contributed by atoms with Gasteiger partial charge in [-0.3, -0.25) is 9.59 Å². The number of aromatic amines is 1. The molecule has 0 spiro atoms. The van der Waals surface area contributed by atoms with Crippen molar-refractivity contribution in [3.63, 3.8) is 0 Å². The maximum atomic E-state index is 12.8. The summed E-state index contributed by atoms with van der Waals surface area (Å²) in [6.45, 7) is 9.43. The lowest BCUT2D eigenvalue weighted by molar-refractivity contribution is -0.121. The molecule has 5 nitrogen and oxygen atoms in total. The molecule has 3 aromatic rings. The van der Waals surface area contributed by atoms with Crippen LogP contribution >= 0.6 is 11.3 Å². The summed E-state index contributed by atoms with van der Waals surface area (Å²) in [6.07, 6.45) is 3.82.